The third kappa shape index (κ3) is 4.08. The van der Waals surface area contributed by atoms with Crippen molar-refractivity contribution in [3.05, 3.63) is 22.8 Å². The van der Waals surface area contributed by atoms with Crippen LogP contribution in [0.3, 0.4) is 0 Å². The van der Waals surface area contributed by atoms with E-state index in [0.717, 1.165) is 12.5 Å². The molecule has 6 heteroatoms. The van der Waals surface area contributed by atoms with Crippen LogP contribution in [0, 0.1) is 5.92 Å². The van der Waals surface area contributed by atoms with Gasteiger partial charge in [0, 0.05) is 33.4 Å². The predicted octanol–water partition coefficient (Wildman–Crippen LogP) is 2.28. The summed E-state index contributed by atoms with van der Waals surface area (Å²) in [6.07, 6.45) is 4.03. The van der Waals surface area contributed by atoms with E-state index in [1.807, 2.05) is 0 Å². The monoisotopic (exact) mass is 297 g/mol. The lowest BCUT2D eigenvalue weighted by Crippen LogP contribution is -2.30. The molecule has 1 amide bonds. The number of aromatic nitrogens is 1. The van der Waals surface area contributed by atoms with Crippen LogP contribution < -0.4 is 5.32 Å². The molecule has 1 saturated carbocycles. The molecule has 1 fully saturated rings. The van der Waals surface area contributed by atoms with Gasteiger partial charge in [0.25, 0.3) is 5.91 Å². The molecule has 1 aliphatic rings. The Hall–Kier alpha value is -1.33. The number of nitrogens with zero attached hydrogens (tertiary/aromatic N) is 2. The second-order valence-electron chi connectivity index (χ2n) is 5.04. The maximum absolute atomic E-state index is 12.3. The fourth-order valence-electron chi connectivity index (χ4n) is 1.78. The molecule has 20 heavy (non-hydrogen) atoms. The molecule has 0 bridgehead atoms. The number of ether oxygens (including phenoxy) is 1. The summed E-state index contributed by atoms with van der Waals surface area (Å²) in [4.78, 5) is 18.0. The molecule has 0 atom stereocenters. The smallest absolute Gasteiger partial charge is 0.255 e. The molecule has 110 valence electrons. The van der Waals surface area contributed by atoms with Gasteiger partial charge in [0.05, 0.1) is 17.2 Å². The van der Waals surface area contributed by atoms with E-state index in [2.05, 4.69) is 10.3 Å². The van der Waals surface area contributed by atoms with Crippen molar-refractivity contribution >= 4 is 23.3 Å². The van der Waals surface area contributed by atoms with Gasteiger partial charge < -0.3 is 15.0 Å². The number of rotatable bonds is 7. The lowest BCUT2D eigenvalue weighted by molar-refractivity contribution is 0.0681. The zero-order valence-electron chi connectivity index (χ0n) is 11.9. The Morgan fingerprint density at radius 1 is 1.60 bits per heavy atom. The van der Waals surface area contributed by atoms with E-state index < -0.39 is 0 Å². The number of hydrogen-bond acceptors (Lipinski definition) is 4. The van der Waals surface area contributed by atoms with E-state index in [1.165, 1.54) is 19.0 Å². The van der Waals surface area contributed by atoms with Gasteiger partial charge in [-0.3, -0.25) is 4.79 Å². The Labute approximate surface area is 124 Å². The first-order valence-electron chi connectivity index (χ1n) is 6.78. The highest BCUT2D eigenvalue weighted by Crippen LogP contribution is 2.28. The molecular formula is C14H20ClN3O2. The maximum Gasteiger partial charge on any atom is 0.255 e. The van der Waals surface area contributed by atoms with Crippen LogP contribution in [0.4, 0.5) is 5.82 Å². The predicted molar refractivity (Wildman–Crippen MR) is 79.3 cm³/mol. The van der Waals surface area contributed by atoms with Crippen molar-refractivity contribution in [2.45, 2.75) is 12.8 Å². The largest absolute Gasteiger partial charge is 0.379 e. The van der Waals surface area contributed by atoms with Crippen LogP contribution in [0.15, 0.2) is 12.3 Å². The lowest BCUT2D eigenvalue weighted by atomic mass is 10.2. The number of halogens is 1. The molecule has 1 N–H and O–H groups in total. The first-order valence-corrected chi connectivity index (χ1v) is 7.16. The standard InChI is InChI=1S/C14H20ClN3O2/c1-16-13-7-11(12(15)8-17-13)14(19)18(2)5-6-20-9-10-3-4-10/h7-8,10H,3-6,9H2,1-2H3,(H,16,17). The van der Waals surface area contributed by atoms with Crippen molar-refractivity contribution in [2.24, 2.45) is 5.92 Å². The van der Waals surface area contributed by atoms with Crippen LogP contribution in [0.1, 0.15) is 23.2 Å². The molecule has 1 aromatic rings. The van der Waals surface area contributed by atoms with E-state index in [9.17, 15) is 4.79 Å². The third-order valence-corrected chi connectivity index (χ3v) is 3.61. The number of pyridine rings is 1. The second kappa shape index (κ2) is 6.90. The SMILES string of the molecule is CNc1cc(C(=O)N(C)CCOCC2CC2)c(Cl)cn1. The number of anilines is 1. The molecule has 0 unspecified atom stereocenters. The van der Waals surface area contributed by atoms with Crippen molar-refractivity contribution in [3.8, 4) is 0 Å². The Bertz CT molecular complexity index is 477. The first kappa shape index (κ1) is 15.1. The number of hydrogen-bond donors (Lipinski definition) is 1. The number of carbonyl (C=O) groups excluding carboxylic acids is 1. The number of amides is 1. The van der Waals surface area contributed by atoms with Crippen molar-refractivity contribution < 1.29 is 9.53 Å². The van der Waals surface area contributed by atoms with Crippen molar-refractivity contribution in [1.29, 1.82) is 0 Å². The highest BCUT2D eigenvalue weighted by Gasteiger charge is 2.21. The van der Waals surface area contributed by atoms with Gasteiger partial charge in [-0.05, 0) is 24.8 Å². The van der Waals surface area contributed by atoms with E-state index in [0.29, 0.717) is 29.6 Å². The zero-order valence-corrected chi connectivity index (χ0v) is 12.6. The van der Waals surface area contributed by atoms with Gasteiger partial charge in [0.2, 0.25) is 0 Å². The average Bonchev–Trinajstić information content (AvgIpc) is 3.27. The molecule has 0 spiro atoms. The molecule has 5 nitrogen and oxygen atoms in total. The molecular weight excluding hydrogens is 278 g/mol. The van der Waals surface area contributed by atoms with Crippen LogP contribution in [0.5, 0.6) is 0 Å². The summed E-state index contributed by atoms with van der Waals surface area (Å²) in [5.41, 5.74) is 0.454. The number of nitrogens with one attached hydrogen (secondary N) is 1. The third-order valence-electron chi connectivity index (χ3n) is 3.31. The van der Waals surface area contributed by atoms with E-state index in [1.54, 1.807) is 25.1 Å². The molecule has 0 radical (unpaired) electrons. The fourth-order valence-corrected chi connectivity index (χ4v) is 1.97. The maximum atomic E-state index is 12.3. The number of likely N-dealkylation sites (N-methyl/N-ethyl adjacent to an activating group) is 1. The molecule has 1 aromatic heterocycles. The molecule has 1 aliphatic carbocycles. The van der Waals surface area contributed by atoms with Crippen molar-refractivity contribution in [1.82, 2.24) is 9.88 Å². The van der Waals surface area contributed by atoms with Gasteiger partial charge in [-0.2, -0.15) is 0 Å². The zero-order chi connectivity index (χ0) is 14.5. The van der Waals surface area contributed by atoms with Crippen molar-refractivity contribution in [2.75, 3.05) is 39.2 Å². The van der Waals surface area contributed by atoms with Crippen LogP contribution >= 0.6 is 11.6 Å². The van der Waals surface area contributed by atoms with E-state index in [-0.39, 0.29) is 5.91 Å². The first-order chi connectivity index (χ1) is 9.61. The second-order valence-corrected chi connectivity index (χ2v) is 5.45. The normalized spacial score (nSPS) is 14.2. The van der Waals surface area contributed by atoms with Gasteiger partial charge >= 0.3 is 0 Å². The quantitative estimate of drug-likeness (QED) is 0.785. The van der Waals surface area contributed by atoms with Gasteiger partial charge in [-0.15, -0.1) is 0 Å². The molecule has 0 aromatic carbocycles. The molecule has 2 rings (SSSR count). The summed E-state index contributed by atoms with van der Waals surface area (Å²) in [5.74, 6) is 1.24. The van der Waals surface area contributed by atoms with E-state index in [4.69, 9.17) is 16.3 Å². The van der Waals surface area contributed by atoms with Crippen molar-refractivity contribution in [3.63, 3.8) is 0 Å². The lowest BCUT2D eigenvalue weighted by Gasteiger charge is -2.18. The van der Waals surface area contributed by atoms with Gasteiger partial charge in [-0.25, -0.2) is 4.98 Å². The summed E-state index contributed by atoms with van der Waals surface area (Å²) in [6, 6.07) is 1.66. The Balaban J connectivity index is 1.87. The molecule has 0 aliphatic heterocycles. The molecule has 1 heterocycles. The Morgan fingerprint density at radius 3 is 3.00 bits per heavy atom. The van der Waals surface area contributed by atoms with Crippen LogP contribution in [-0.2, 0) is 4.74 Å². The minimum Gasteiger partial charge on any atom is -0.379 e. The fraction of sp³-hybridized carbons (Fsp3) is 0.571. The minimum atomic E-state index is -0.121. The van der Waals surface area contributed by atoms with Crippen LogP contribution in [-0.4, -0.2) is 49.6 Å². The Morgan fingerprint density at radius 2 is 2.35 bits per heavy atom. The topological polar surface area (TPSA) is 54.5 Å². The highest BCUT2D eigenvalue weighted by atomic mass is 35.5. The van der Waals surface area contributed by atoms with Gasteiger partial charge in [0.15, 0.2) is 0 Å². The Kier molecular flexibility index (Phi) is 5.20. The highest BCUT2D eigenvalue weighted by molar-refractivity contribution is 6.33. The summed E-state index contributed by atoms with van der Waals surface area (Å²) in [6.45, 7) is 1.92. The average molecular weight is 298 g/mol. The summed E-state index contributed by atoms with van der Waals surface area (Å²) in [7, 11) is 3.50. The van der Waals surface area contributed by atoms with E-state index >= 15 is 0 Å². The van der Waals surface area contributed by atoms with Crippen LogP contribution in [0.2, 0.25) is 5.02 Å². The summed E-state index contributed by atoms with van der Waals surface area (Å²) >= 11 is 6.03. The van der Waals surface area contributed by atoms with Gasteiger partial charge in [-0.1, -0.05) is 11.6 Å². The minimum absolute atomic E-state index is 0.121. The van der Waals surface area contributed by atoms with Crippen LogP contribution in [0.25, 0.3) is 0 Å². The summed E-state index contributed by atoms with van der Waals surface area (Å²) < 4.78 is 5.54. The number of carbonyl (C=O) groups is 1. The molecule has 0 saturated heterocycles. The summed E-state index contributed by atoms with van der Waals surface area (Å²) in [5, 5.41) is 3.26. The van der Waals surface area contributed by atoms with Gasteiger partial charge in [0.1, 0.15) is 5.82 Å².